The first kappa shape index (κ1) is 18.3. The number of carbonyl (C=O) groups excluding carboxylic acids is 3. The predicted octanol–water partition coefficient (Wildman–Crippen LogP) is 2.97. The SMILES string of the molecule is Cc1cccc(NC(=O)CN2C(=O)CSC2=CC(=O)C(C)(C)C)c1. The van der Waals surface area contributed by atoms with Crippen LogP contribution >= 0.6 is 11.8 Å². The summed E-state index contributed by atoms with van der Waals surface area (Å²) < 4.78 is 0. The molecule has 0 saturated carbocycles. The molecule has 1 aromatic rings. The number of carbonyl (C=O) groups is 3. The number of rotatable bonds is 4. The number of nitrogens with zero attached hydrogens (tertiary/aromatic N) is 1. The van der Waals surface area contributed by atoms with Crippen molar-refractivity contribution in [3.63, 3.8) is 0 Å². The van der Waals surface area contributed by atoms with Crippen molar-refractivity contribution >= 4 is 35.0 Å². The van der Waals surface area contributed by atoms with E-state index in [1.54, 1.807) is 6.07 Å². The Morgan fingerprint density at radius 2 is 2.04 bits per heavy atom. The Kier molecular flexibility index (Phi) is 5.49. The molecule has 2 rings (SSSR count). The third kappa shape index (κ3) is 4.71. The van der Waals surface area contributed by atoms with Gasteiger partial charge in [0, 0.05) is 17.2 Å². The Hall–Kier alpha value is -2.08. The predicted molar refractivity (Wildman–Crippen MR) is 96.5 cm³/mol. The molecule has 1 aliphatic rings. The molecular formula is C18H22N2O3S. The van der Waals surface area contributed by atoms with Crippen LogP contribution < -0.4 is 5.32 Å². The molecule has 0 atom stereocenters. The Morgan fingerprint density at radius 1 is 1.33 bits per heavy atom. The zero-order chi connectivity index (χ0) is 17.9. The molecule has 1 N–H and O–H groups in total. The summed E-state index contributed by atoms with van der Waals surface area (Å²) in [6, 6.07) is 7.45. The first-order valence-corrected chi connectivity index (χ1v) is 8.71. The van der Waals surface area contributed by atoms with Crippen LogP contribution in [0.3, 0.4) is 0 Å². The van der Waals surface area contributed by atoms with E-state index >= 15 is 0 Å². The van der Waals surface area contributed by atoms with Crippen LogP contribution in [0, 0.1) is 12.3 Å². The summed E-state index contributed by atoms with van der Waals surface area (Å²) in [6.45, 7) is 7.31. The lowest BCUT2D eigenvalue weighted by Crippen LogP contribution is -2.34. The van der Waals surface area contributed by atoms with E-state index in [-0.39, 0.29) is 29.9 Å². The number of nitrogens with one attached hydrogen (secondary N) is 1. The van der Waals surface area contributed by atoms with Gasteiger partial charge in [0.2, 0.25) is 11.8 Å². The van der Waals surface area contributed by atoms with Crippen molar-refractivity contribution in [2.24, 2.45) is 5.41 Å². The molecule has 0 bridgehead atoms. The molecule has 1 fully saturated rings. The standard InChI is InChI=1S/C18H22N2O3S/c1-12-6-5-7-13(8-12)19-15(22)10-20-16(23)11-24-17(20)9-14(21)18(2,3)4/h5-9H,10-11H2,1-4H3,(H,19,22). The number of hydrogen-bond donors (Lipinski definition) is 1. The number of hydrogen-bond acceptors (Lipinski definition) is 4. The van der Waals surface area contributed by atoms with Gasteiger partial charge in [-0.1, -0.05) is 44.7 Å². The molecule has 0 aliphatic carbocycles. The van der Waals surface area contributed by atoms with Gasteiger partial charge in [-0.2, -0.15) is 0 Å². The topological polar surface area (TPSA) is 66.5 Å². The summed E-state index contributed by atoms with van der Waals surface area (Å²) in [4.78, 5) is 37.8. The first-order valence-electron chi connectivity index (χ1n) is 7.72. The molecule has 1 saturated heterocycles. The van der Waals surface area contributed by atoms with Crippen molar-refractivity contribution in [3.05, 3.63) is 40.9 Å². The van der Waals surface area contributed by atoms with Crippen LogP contribution in [0.5, 0.6) is 0 Å². The highest BCUT2D eigenvalue weighted by molar-refractivity contribution is 8.04. The van der Waals surface area contributed by atoms with Gasteiger partial charge in [-0.15, -0.1) is 0 Å². The van der Waals surface area contributed by atoms with Crippen LogP contribution in [-0.2, 0) is 14.4 Å². The Morgan fingerprint density at radius 3 is 2.67 bits per heavy atom. The molecule has 1 aliphatic heterocycles. The molecule has 2 amide bonds. The van der Waals surface area contributed by atoms with Gasteiger partial charge in [0.1, 0.15) is 6.54 Å². The van der Waals surface area contributed by atoms with Gasteiger partial charge in [-0.05, 0) is 24.6 Å². The summed E-state index contributed by atoms with van der Waals surface area (Å²) in [5.41, 5.74) is 1.21. The number of benzene rings is 1. The molecule has 0 unspecified atom stereocenters. The van der Waals surface area contributed by atoms with Gasteiger partial charge in [0.15, 0.2) is 5.78 Å². The van der Waals surface area contributed by atoms with E-state index in [0.717, 1.165) is 5.56 Å². The van der Waals surface area contributed by atoms with Crippen LogP contribution in [0.2, 0.25) is 0 Å². The van der Waals surface area contributed by atoms with Crippen molar-refractivity contribution in [3.8, 4) is 0 Å². The highest BCUT2D eigenvalue weighted by Crippen LogP contribution is 2.30. The Labute approximate surface area is 146 Å². The van der Waals surface area contributed by atoms with Crippen molar-refractivity contribution in [1.29, 1.82) is 0 Å². The zero-order valence-corrected chi connectivity index (χ0v) is 15.2. The second-order valence-corrected chi connectivity index (χ2v) is 7.78. The van der Waals surface area contributed by atoms with Crippen molar-refractivity contribution in [2.45, 2.75) is 27.7 Å². The minimum atomic E-state index is -0.519. The lowest BCUT2D eigenvalue weighted by atomic mass is 9.91. The van der Waals surface area contributed by atoms with E-state index in [1.165, 1.54) is 22.7 Å². The summed E-state index contributed by atoms with van der Waals surface area (Å²) in [5, 5.41) is 3.32. The smallest absolute Gasteiger partial charge is 0.244 e. The summed E-state index contributed by atoms with van der Waals surface area (Å²) in [5.74, 6) is -0.261. The van der Waals surface area contributed by atoms with Crippen LogP contribution in [0.4, 0.5) is 5.69 Å². The minimum absolute atomic E-state index is 0.0659. The van der Waals surface area contributed by atoms with Gasteiger partial charge >= 0.3 is 0 Å². The number of anilines is 1. The fourth-order valence-corrected chi connectivity index (χ4v) is 3.04. The van der Waals surface area contributed by atoms with Gasteiger partial charge in [0.05, 0.1) is 10.8 Å². The van der Waals surface area contributed by atoms with E-state index in [4.69, 9.17) is 0 Å². The van der Waals surface area contributed by atoms with Crippen LogP contribution in [0.1, 0.15) is 26.3 Å². The summed E-state index contributed by atoms with van der Waals surface area (Å²) in [7, 11) is 0. The van der Waals surface area contributed by atoms with Gasteiger partial charge in [0.25, 0.3) is 0 Å². The third-order valence-electron chi connectivity index (χ3n) is 3.51. The largest absolute Gasteiger partial charge is 0.325 e. The lowest BCUT2D eigenvalue weighted by Gasteiger charge is -2.19. The van der Waals surface area contributed by atoms with Gasteiger partial charge in [-0.25, -0.2) is 0 Å². The maximum atomic E-state index is 12.2. The normalized spacial score (nSPS) is 16.6. The maximum absolute atomic E-state index is 12.2. The fraction of sp³-hybridized carbons (Fsp3) is 0.389. The fourth-order valence-electron chi connectivity index (χ4n) is 2.10. The number of ketones is 1. The molecule has 6 heteroatoms. The molecular weight excluding hydrogens is 324 g/mol. The number of amides is 2. The highest BCUT2D eigenvalue weighted by atomic mass is 32.2. The molecule has 5 nitrogen and oxygen atoms in total. The zero-order valence-electron chi connectivity index (χ0n) is 14.4. The van der Waals surface area contributed by atoms with Crippen molar-refractivity contribution in [2.75, 3.05) is 17.6 Å². The highest BCUT2D eigenvalue weighted by Gasteiger charge is 2.30. The summed E-state index contributed by atoms with van der Waals surface area (Å²) >= 11 is 1.29. The monoisotopic (exact) mass is 346 g/mol. The molecule has 0 radical (unpaired) electrons. The van der Waals surface area contributed by atoms with E-state index in [2.05, 4.69) is 5.32 Å². The van der Waals surface area contributed by atoms with E-state index in [9.17, 15) is 14.4 Å². The Bertz CT molecular complexity index is 704. The summed E-state index contributed by atoms with van der Waals surface area (Å²) in [6.07, 6.45) is 1.47. The Balaban J connectivity index is 2.08. The van der Waals surface area contributed by atoms with Crippen LogP contribution in [-0.4, -0.2) is 34.8 Å². The van der Waals surface area contributed by atoms with Crippen molar-refractivity contribution < 1.29 is 14.4 Å². The van der Waals surface area contributed by atoms with Crippen molar-refractivity contribution in [1.82, 2.24) is 4.90 Å². The van der Waals surface area contributed by atoms with Gasteiger partial charge in [-0.3, -0.25) is 19.3 Å². The maximum Gasteiger partial charge on any atom is 0.244 e. The number of allylic oxidation sites excluding steroid dienone is 1. The van der Waals surface area contributed by atoms with Crippen LogP contribution in [0.25, 0.3) is 0 Å². The molecule has 128 valence electrons. The quantitative estimate of drug-likeness (QED) is 0.851. The van der Waals surface area contributed by atoms with E-state index < -0.39 is 5.41 Å². The van der Waals surface area contributed by atoms with Crippen LogP contribution in [0.15, 0.2) is 35.4 Å². The first-order chi connectivity index (χ1) is 11.2. The molecule has 1 heterocycles. The number of thioether (sulfide) groups is 1. The molecule has 1 aromatic carbocycles. The second kappa shape index (κ2) is 7.21. The van der Waals surface area contributed by atoms with E-state index in [1.807, 2.05) is 45.9 Å². The van der Waals surface area contributed by atoms with E-state index in [0.29, 0.717) is 10.7 Å². The second-order valence-electron chi connectivity index (χ2n) is 6.78. The molecule has 0 spiro atoms. The third-order valence-corrected chi connectivity index (χ3v) is 4.53. The average molecular weight is 346 g/mol. The molecule has 24 heavy (non-hydrogen) atoms. The van der Waals surface area contributed by atoms with Gasteiger partial charge < -0.3 is 5.32 Å². The lowest BCUT2D eigenvalue weighted by molar-refractivity contribution is -0.129. The molecule has 0 aromatic heterocycles. The number of aryl methyl sites for hydroxylation is 1. The minimum Gasteiger partial charge on any atom is -0.325 e. The average Bonchev–Trinajstić information content (AvgIpc) is 2.79.